The van der Waals surface area contributed by atoms with Crippen molar-refractivity contribution in [1.29, 1.82) is 0 Å². The minimum absolute atomic E-state index is 0.792. The van der Waals surface area contributed by atoms with Crippen LogP contribution in [0.15, 0.2) is 0 Å². The molecule has 3 heteroatoms. The third-order valence-corrected chi connectivity index (χ3v) is 0.971. The van der Waals surface area contributed by atoms with E-state index >= 15 is 0 Å². The molecule has 0 aliphatic heterocycles. The first-order valence-electron chi connectivity index (χ1n) is 3.84. The molecule has 0 atom stereocenters. The molecule has 62 valence electrons. The van der Waals surface area contributed by atoms with Crippen molar-refractivity contribution in [3.63, 3.8) is 0 Å². The van der Waals surface area contributed by atoms with Gasteiger partial charge in [-0.1, -0.05) is 13.8 Å². The number of nitrogens with zero attached hydrogens (tertiary/aromatic N) is 3. The maximum atomic E-state index is 4.01. The maximum Gasteiger partial charge on any atom is 0.129 e. The topological polar surface area (TPSA) is 38.7 Å². The van der Waals surface area contributed by atoms with Gasteiger partial charge >= 0.3 is 0 Å². The molecular formula is C8H15N3. The van der Waals surface area contributed by atoms with Crippen LogP contribution in [0.5, 0.6) is 0 Å². The predicted molar refractivity (Wildman–Crippen MR) is 45.4 cm³/mol. The molecule has 0 unspecified atom stereocenters. The molecule has 0 saturated heterocycles. The molecule has 0 spiro atoms. The van der Waals surface area contributed by atoms with Gasteiger partial charge in [-0.3, -0.25) is 0 Å². The van der Waals surface area contributed by atoms with Gasteiger partial charge in [-0.15, -0.1) is 0 Å². The van der Waals surface area contributed by atoms with Crippen LogP contribution < -0.4 is 0 Å². The van der Waals surface area contributed by atoms with Crippen LogP contribution in [0.3, 0.4) is 0 Å². The summed E-state index contributed by atoms with van der Waals surface area (Å²) in [6.45, 7) is 9.59. The first kappa shape index (κ1) is 10.0. The van der Waals surface area contributed by atoms with Gasteiger partial charge in [0, 0.05) is 0 Å². The summed E-state index contributed by atoms with van der Waals surface area (Å²) in [7, 11) is 0. The molecule has 3 nitrogen and oxygen atoms in total. The SMILES string of the molecule is CC.Cc1nc(C)nc(C)n1. The van der Waals surface area contributed by atoms with Crippen molar-refractivity contribution in [2.45, 2.75) is 34.6 Å². The average Bonchev–Trinajstić information content (AvgIpc) is 1.88. The normalized spacial score (nSPS) is 8.45. The van der Waals surface area contributed by atoms with E-state index in [9.17, 15) is 0 Å². The molecule has 1 heterocycles. The molecule has 11 heavy (non-hydrogen) atoms. The Morgan fingerprint density at radius 3 is 1.00 bits per heavy atom. The molecule has 0 N–H and O–H groups in total. The van der Waals surface area contributed by atoms with E-state index in [4.69, 9.17) is 0 Å². The first-order valence-corrected chi connectivity index (χ1v) is 3.84. The summed E-state index contributed by atoms with van der Waals surface area (Å²) >= 11 is 0. The zero-order valence-corrected chi connectivity index (χ0v) is 7.84. The monoisotopic (exact) mass is 153 g/mol. The smallest absolute Gasteiger partial charge is 0.129 e. The highest BCUT2D eigenvalue weighted by atomic mass is 15.0. The van der Waals surface area contributed by atoms with Gasteiger partial charge in [-0.25, -0.2) is 15.0 Å². The molecular weight excluding hydrogens is 138 g/mol. The number of aryl methyl sites for hydroxylation is 3. The fourth-order valence-electron chi connectivity index (χ4n) is 0.777. The Morgan fingerprint density at radius 1 is 0.636 bits per heavy atom. The molecule has 1 aromatic heterocycles. The largest absolute Gasteiger partial charge is 0.219 e. The molecule has 0 radical (unpaired) electrons. The van der Waals surface area contributed by atoms with Gasteiger partial charge in [-0.05, 0) is 20.8 Å². The molecule has 1 rings (SSSR count). The minimum atomic E-state index is 0.792. The Kier molecular flexibility index (Phi) is 4.34. The van der Waals surface area contributed by atoms with E-state index in [1.807, 2.05) is 34.6 Å². The zero-order chi connectivity index (χ0) is 8.85. The Balaban J connectivity index is 0.000000461. The quantitative estimate of drug-likeness (QED) is 0.570. The molecule has 0 aliphatic carbocycles. The Bertz CT molecular complexity index is 170. The van der Waals surface area contributed by atoms with Gasteiger partial charge in [0.2, 0.25) is 0 Å². The van der Waals surface area contributed by atoms with Crippen LogP contribution in [-0.4, -0.2) is 15.0 Å². The summed E-state index contributed by atoms with van der Waals surface area (Å²) in [5.41, 5.74) is 0. The van der Waals surface area contributed by atoms with E-state index in [-0.39, 0.29) is 0 Å². The average molecular weight is 153 g/mol. The summed E-state index contributed by atoms with van der Waals surface area (Å²) in [6, 6.07) is 0. The second-order valence-corrected chi connectivity index (χ2v) is 1.98. The molecule has 0 aromatic carbocycles. The lowest BCUT2D eigenvalue weighted by atomic mass is 10.6. The number of hydrogen-bond donors (Lipinski definition) is 0. The van der Waals surface area contributed by atoms with Gasteiger partial charge in [0.25, 0.3) is 0 Å². The highest BCUT2D eigenvalue weighted by Crippen LogP contribution is 1.90. The summed E-state index contributed by atoms with van der Waals surface area (Å²) < 4.78 is 0. The Morgan fingerprint density at radius 2 is 0.818 bits per heavy atom. The summed E-state index contributed by atoms with van der Waals surface area (Å²) in [5.74, 6) is 2.38. The number of rotatable bonds is 0. The first-order chi connectivity index (χ1) is 5.18. The van der Waals surface area contributed by atoms with Crippen molar-refractivity contribution in [3.05, 3.63) is 17.5 Å². The highest BCUT2D eigenvalue weighted by Gasteiger charge is 1.91. The van der Waals surface area contributed by atoms with E-state index in [1.54, 1.807) is 0 Å². The van der Waals surface area contributed by atoms with Crippen molar-refractivity contribution < 1.29 is 0 Å². The summed E-state index contributed by atoms with van der Waals surface area (Å²) in [6.07, 6.45) is 0. The van der Waals surface area contributed by atoms with Gasteiger partial charge in [-0.2, -0.15) is 0 Å². The third kappa shape index (κ3) is 3.65. The minimum Gasteiger partial charge on any atom is -0.219 e. The molecule has 0 fully saturated rings. The zero-order valence-electron chi connectivity index (χ0n) is 7.84. The van der Waals surface area contributed by atoms with E-state index in [1.165, 1.54) is 0 Å². The van der Waals surface area contributed by atoms with Crippen LogP contribution >= 0.6 is 0 Å². The second-order valence-electron chi connectivity index (χ2n) is 1.98. The van der Waals surface area contributed by atoms with Crippen LogP contribution in [0.25, 0.3) is 0 Å². The van der Waals surface area contributed by atoms with E-state index in [2.05, 4.69) is 15.0 Å². The van der Waals surface area contributed by atoms with Crippen molar-refractivity contribution in [2.24, 2.45) is 0 Å². The third-order valence-electron chi connectivity index (χ3n) is 0.971. The summed E-state index contributed by atoms with van der Waals surface area (Å²) in [4.78, 5) is 12.0. The van der Waals surface area contributed by atoms with Gasteiger partial charge < -0.3 is 0 Å². The van der Waals surface area contributed by atoms with Gasteiger partial charge in [0.15, 0.2) is 0 Å². The van der Waals surface area contributed by atoms with Crippen molar-refractivity contribution in [1.82, 2.24) is 15.0 Å². The van der Waals surface area contributed by atoms with Crippen LogP contribution in [0.4, 0.5) is 0 Å². The molecule has 0 aliphatic rings. The standard InChI is InChI=1S/C6H9N3.C2H6/c1-4-7-5(2)9-6(3)8-4;1-2/h1-3H3;1-2H3. The van der Waals surface area contributed by atoms with Crippen LogP contribution in [-0.2, 0) is 0 Å². The highest BCUT2D eigenvalue weighted by molar-refractivity contribution is 4.91. The molecule has 1 aromatic rings. The molecule has 0 amide bonds. The van der Waals surface area contributed by atoms with Crippen LogP contribution in [0, 0.1) is 20.8 Å². The van der Waals surface area contributed by atoms with Gasteiger partial charge in [0.1, 0.15) is 17.5 Å². The lowest BCUT2D eigenvalue weighted by Gasteiger charge is -1.94. The lowest BCUT2D eigenvalue weighted by molar-refractivity contribution is 0.875. The second kappa shape index (κ2) is 4.77. The van der Waals surface area contributed by atoms with Crippen molar-refractivity contribution in [2.75, 3.05) is 0 Å². The molecule has 0 bridgehead atoms. The Hall–Kier alpha value is -0.990. The van der Waals surface area contributed by atoms with Gasteiger partial charge in [0.05, 0.1) is 0 Å². The van der Waals surface area contributed by atoms with Crippen molar-refractivity contribution in [3.8, 4) is 0 Å². The fraction of sp³-hybridized carbons (Fsp3) is 0.625. The Labute approximate surface area is 67.9 Å². The fourth-order valence-corrected chi connectivity index (χ4v) is 0.777. The number of hydrogen-bond acceptors (Lipinski definition) is 3. The predicted octanol–water partition coefficient (Wildman–Crippen LogP) is 1.82. The van der Waals surface area contributed by atoms with E-state index in [0.29, 0.717) is 0 Å². The van der Waals surface area contributed by atoms with E-state index in [0.717, 1.165) is 17.5 Å². The lowest BCUT2D eigenvalue weighted by Crippen LogP contribution is -1.97. The van der Waals surface area contributed by atoms with Crippen molar-refractivity contribution >= 4 is 0 Å². The van der Waals surface area contributed by atoms with Crippen LogP contribution in [0.2, 0.25) is 0 Å². The number of aromatic nitrogens is 3. The summed E-state index contributed by atoms with van der Waals surface area (Å²) in [5, 5.41) is 0. The van der Waals surface area contributed by atoms with Crippen LogP contribution in [0.1, 0.15) is 31.3 Å². The van der Waals surface area contributed by atoms with E-state index < -0.39 is 0 Å². The maximum absolute atomic E-state index is 4.01. The molecule has 0 saturated carbocycles.